The number of methoxy groups -OCH3 is 1. The first-order valence-corrected chi connectivity index (χ1v) is 8.28. The molecule has 2 N–H and O–H groups in total. The van der Waals surface area contributed by atoms with Gasteiger partial charge in [0.05, 0.1) is 25.4 Å². The number of para-hydroxylation sites is 2. The number of carbonyl (C=O) groups is 1. The summed E-state index contributed by atoms with van der Waals surface area (Å²) in [6.45, 7) is 1.16. The number of anilines is 1. The summed E-state index contributed by atoms with van der Waals surface area (Å²) in [7, 11) is 1.65. The number of carbonyl (C=O) groups excluding carboxylic acids is 1. The Balaban J connectivity index is 0.00000169. The zero-order valence-corrected chi connectivity index (χ0v) is 16.2. The van der Waals surface area contributed by atoms with Crippen LogP contribution in [0.4, 0.5) is 14.5 Å². The van der Waals surface area contributed by atoms with Crippen LogP contribution < -0.4 is 20.3 Å². The lowest BCUT2D eigenvalue weighted by molar-refractivity contribution is -0.124. The van der Waals surface area contributed by atoms with Gasteiger partial charge < -0.3 is 15.0 Å². The van der Waals surface area contributed by atoms with Crippen molar-refractivity contribution >= 4 is 36.4 Å². The molecule has 0 aromatic heterocycles. The molecule has 2 heterocycles. The first-order chi connectivity index (χ1) is 11.5. The van der Waals surface area contributed by atoms with Crippen molar-refractivity contribution in [2.45, 2.75) is 37.3 Å². The van der Waals surface area contributed by atoms with Gasteiger partial charge in [-0.25, -0.2) is 8.78 Å². The minimum Gasteiger partial charge on any atom is -0.495 e. The van der Waals surface area contributed by atoms with Crippen LogP contribution in [0.25, 0.3) is 0 Å². The van der Waals surface area contributed by atoms with Crippen molar-refractivity contribution in [1.29, 1.82) is 0 Å². The predicted octanol–water partition coefficient (Wildman–Crippen LogP) is 2.62. The van der Waals surface area contributed by atoms with Crippen molar-refractivity contribution < 1.29 is 18.3 Å². The highest BCUT2D eigenvalue weighted by molar-refractivity contribution is 5.85. The third-order valence-corrected chi connectivity index (χ3v) is 4.69. The van der Waals surface area contributed by atoms with Crippen molar-refractivity contribution in [3.8, 4) is 5.75 Å². The number of hydrogen-bond donors (Lipinski definition) is 2. The monoisotopic (exact) mass is 411 g/mol. The van der Waals surface area contributed by atoms with Crippen LogP contribution in [0.2, 0.25) is 0 Å². The Bertz CT molecular complexity index is 599. The molecule has 148 valence electrons. The summed E-state index contributed by atoms with van der Waals surface area (Å²) < 4.78 is 31.8. The Morgan fingerprint density at radius 1 is 1.27 bits per heavy atom. The van der Waals surface area contributed by atoms with Crippen LogP contribution in [0, 0.1) is 0 Å². The molecule has 5 nitrogen and oxygen atoms in total. The Labute approximate surface area is 164 Å². The average molecular weight is 412 g/mol. The van der Waals surface area contributed by atoms with Gasteiger partial charge in [-0.15, -0.1) is 24.8 Å². The van der Waals surface area contributed by atoms with Gasteiger partial charge in [-0.1, -0.05) is 12.1 Å². The standard InChI is InChI=1S/C17H23F2N3O2.2ClH/c1-24-15-5-3-2-4-14(15)22-8-6-12(7-9-22)21-16(23)13-10-17(18,19)11-20-13;;/h2-5,12-13,20H,6-11H2,1H3,(H,21,23);2*1H. The highest BCUT2D eigenvalue weighted by atomic mass is 35.5. The first kappa shape index (κ1) is 22.7. The topological polar surface area (TPSA) is 53.6 Å². The molecule has 2 aliphatic rings. The van der Waals surface area contributed by atoms with Crippen LogP contribution in [-0.4, -0.2) is 50.7 Å². The molecule has 0 radical (unpaired) electrons. The van der Waals surface area contributed by atoms with Crippen molar-refractivity contribution in [2.75, 3.05) is 31.6 Å². The van der Waals surface area contributed by atoms with Crippen LogP contribution in [0.5, 0.6) is 5.75 Å². The maximum Gasteiger partial charge on any atom is 0.262 e. The number of alkyl halides is 2. The molecule has 0 spiro atoms. The molecule has 2 fully saturated rings. The molecule has 0 saturated carbocycles. The quantitative estimate of drug-likeness (QED) is 0.799. The molecule has 1 unspecified atom stereocenters. The molecule has 1 amide bonds. The SMILES string of the molecule is COc1ccccc1N1CCC(NC(=O)C2CC(F)(F)CN2)CC1.Cl.Cl. The Morgan fingerprint density at radius 3 is 2.50 bits per heavy atom. The smallest absolute Gasteiger partial charge is 0.262 e. The number of nitrogens with zero attached hydrogens (tertiary/aromatic N) is 1. The zero-order chi connectivity index (χ0) is 17.2. The molecule has 0 aliphatic carbocycles. The van der Waals surface area contributed by atoms with Crippen molar-refractivity contribution in [3.05, 3.63) is 24.3 Å². The fourth-order valence-electron chi connectivity index (χ4n) is 3.36. The summed E-state index contributed by atoms with van der Waals surface area (Å²) in [5.41, 5.74) is 1.04. The van der Waals surface area contributed by atoms with Crippen LogP contribution in [0.15, 0.2) is 24.3 Å². The molecule has 1 atom stereocenters. The van der Waals surface area contributed by atoms with Crippen LogP contribution in [0.1, 0.15) is 19.3 Å². The lowest BCUT2D eigenvalue weighted by Crippen LogP contribution is -2.49. The maximum absolute atomic E-state index is 13.2. The highest BCUT2D eigenvalue weighted by Gasteiger charge is 2.42. The van der Waals surface area contributed by atoms with E-state index >= 15 is 0 Å². The van der Waals surface area contributed by atoms with E-state index in [1.165, 1.54) is 0 Å². The largest absolute Gasteiger partial charge is 0.495 e. The van der Waals surface area contributed by atoms with Gasteiger partial charge >= 0.3 is 0 Å². The lowest BCUT2D eigenvalue weighted by atomic mass is 10.0. The number of halogens is 4. The van der Waals surface area contributed by atoms with E-state index in [-0.39, 0.29) is 36.8 Å². The lowest BCUT2D eigenvalue weighted by Gasteiger charge is -2.35. The Morgan fingerprint density at radius 2 is 1.92 bits per heavy atom. The molecular formula is C17H25Cl2F2N3O2. The van der Waals surface area contributed by atoms with E-state index in [1.807, 2.05) is 24.3 Å². The van der Waals surface area contributed by atoms with E-state index in [4.69, 9.17) is 4.74 Å². The number of hydrogen-bond acceptors (Lipinski definition) is 4. The number of piperidine rings is 1. The highest BCUT2D eigenvalue weighted by Crippen LogP contribution is 2.30. The summed E-state index contributed by atoms with van der Waals surface area (Å²) in [5, 5.41) is 5.50. The van der Waals surface area contributed by atoms with Gasteiger partial charge in [0.1, 0.15) is 5.75 Å². The number of rotatable bonds is 4. The minimum atomic E-state index is -2.78. The molecule has 0 bridgehead atoms. The van der Waals surface area contributed by atoms with Gasteiger partial charge in [0.2, 0.25) is 5.91 Å². The molecule has 1 aromatic carbocycles. The molecule has 1 aromatic rings. The molecule has 2 saturated heterocycles. The van der Waals surface area contributed by atoms with Gasteiger partial charge in [-0.3, -0.25) is 10.1 Å². The van der Waals surface area contributed by atoms with Gasteiger partial charge in [-0.2, -0.15) is 0 Å². The second kappa shape index (κ2) is 9.58. The van der Waals surface area contributed by atoms with Crippen molar-refractivity contribution in [2.24, 2.45) is 0 Å². The predicted molar refractivity (Wildman–Crippen MR) is 102 cm³/mol. The van der Waals surface area contributed by atoms with E-state index < -0.39 is 24.9 Å². The van der Waals surface area contributed by atoms with E-state index in [0.717, 1.165) is 37.4 Å². The van der Waals surface area contributed by atoms with E-state index in [0.29, 0.717) is 0 Å². The third kappa shape index (κ3) is 5.34. The third-order valence-electron chi connectivity index (χ3n) is 4.69. The van der Waals surface area contributed by atoms with E-state index in [1.54, 1.807) is 7.11 Å². The fourth-order valence-corrected chi connectivity index (χ4v) is 3.36. The minimum absolute atomic E-state index is 0. The summed E-state index contributed by atoms with van der Waals surface area (Å²) in [6, 6.07) is 7.08. The van der Waals surface area contributed by atoms with Crippen molar-refractivity contribution in [3.63, 3.8) is 0 Å². The number of amides is 1. The molecular weight excluding hydrogens is 387 g/mol. The fraction of sp³-hybridized carbons (Fsp3) is 0.588. The number of nitrogens with one attached hydrogen (secondary N) is 2. The maximum atomic E-state index is 13.2. The van der Waals surface area contributed by atoms with Crippen LogP contribution >= 0.6 is 24.8 Å². The number of benzene rings is 1. The molecule has 3 rings (SSSR count). The molecule has 9 heteroatoms. The van der Waals surface area contributed by atoms with Gasteiger partial charge in [0.15, 0.2) is 0 Å². The summed E-state index contributed by atoms with van der Waals surface area (Å²) >= 11 is 0. The molecule has 26 heavy (non-hydrogen) atoms. The van der Waals surface area contributed by atoms with Gasteiger partial charge in [0.25, 0.3) is 5.92 Å². The number of ether oxygens (including phenoxy) is 1. The normalized spacial score (nSPS) is 22.1. The van der Waals surface area contributed by atoms with E-state index in [9.17, 15) is 13.6 Å². The van der Waals surface area contributed by atoms with Crippen LogP contribution in [-0.2, 0) is 4.79 Å². The average Bonchev–Trinajstić information content (AvgIpc) is 2.96. The second-order valence-electron chi connectivity index (χ2n) is 6.44. The van der Waals surface area contributed by atoms with Gasteiger partial charge in [-0.05, 0) is 25.0 Å². The van der Waals surface area contributed by atoms with Crippen molar-refractivity contribution in [1.82, 2.24) is 10.6 Å². The van der Waals surface area contributed by atoms with E-state index in [2.05, 4.69) is 15.5 Å². The summed E-state index contributed by atoms with van der Waals surface area (Å²) in [5.74, 6) is -2.27. The second-order valence-corrected chi connectivity index (χ2v) is 6.44. The van der Waals surface area contributed by atoms with Crippen LogP contribution in [0.3, 0.4) is 0 Å². The first-order valence-electron chi connectivity index (χ1n) is 8.28. The molecule has 2 aliphatic heterocycles. The Hall–Kier alpha value is -1.31. The summed E-state index contributed by atoms with van der Waals surface area (Å²) in [6.07, 6.45) is 1.15. The zero-order valence-electron chi connectivity index (χ0n) is 14.5. The van der Waals surface area contributed by atoms with Gasteiger partial charge in [0, 0.05) is 25.6 Å². The Kier molecular flexibility index (Phi) is 8.37. The summed E-state index contributed by atoms with van der Waals surface area (Å²) in [4.78, 5) is 14.3.